The minimum absolute atomic E-state index is 0.0458. The van der Waals surface area contributed by atoms with E-state index in [-0.39, 0.29) is 29.1 Å². The Morgan fingerprint density at radius 2 is 1.49 bits per heavy atom. The van der Waals surface area contributed by atoms with E-state index in [9.17, 15) is 19.2 Å². The average molecular weight is 538 g/mol. The summed E-state index contributed by atoms with van der Waals surface area (Å²) in [5.41, 5.74) is 0.959. The molecule has 2 aromatic rings. The highest BCUT2D eigenvalue weighted by molar-refractivity contribution is 6.04. The van der Waals surface area contributed by atoms with E-state index < -0.39 is 30.4 Å². The van der Waals surface area contributed by atoms with E-state index in [1.54, 1.807) is 36.4 Å². The molecule has 3 atom stereocenters. The third-order valence-corrected chi connectivity index (χ3v) is 6.87. The first-order valence-corrected chi connectivity index (χ1v) is 13.6. The van der Waals surface area contributed by atoms with Crippen molar-refractivity contribution in [2.24, 2.45) is 23.7 Å². The molecule has 1 fully saturated rings. The molecule has 0 heterocycles. The Labute approximate surface area is 230 Å². The average Bonchev–Trinajstić information content (AvgIpc) is 2.90. The Kier molecular flexibility index (Phi) is 10.7. The minimum Gasteiger partial charge on any atom is -0.462 e. The summed E-state index contributed by atoms with van der Waals surface area (Å²) >= 11 is 0. The van der Waals surface area contributed by atoms with Gasteiger partial charge in [0, 0.05) is 5.69 Å². The van der Waals surface area contributed by atoms with Gasteiger partial charge in [0.25, 0.3) is 5.91 Å². The van der Waals surface area contributed by atoms with Crippen LogP contribution in [0.3, 0.4) is 0 Å². The Morgan fingerprint density at radius 3 is 2.10 bits per heavy atom. The normalized spacial score (nSPS) is 18.9. The van der Waals surface area contributed by atoms with Gasteiger partial charge in [0.2, 0.25) is 0 Å². The van der Waals surface area contributed by atoms with E-state index >= 15 is 0 Å². The van der Waals surface area contributed by atoms with Crippen molar-refractivity contribution >= 4 is 29.5 Å². The van der Waals surface area contributed by atoms with Gasteiger partial charge in [-0.3, -0.25) is 4.79 Å². The lowest BCUT2D eigenvalue weighted by molar-refractivity contribution is -0.119. The first-order chi connectivity index (χ1) is 18.5. The van der Waals surface area contributed by atoms with Crippen molar-refractivity contribution in [1.29, 1.82) is 0 Å². The van der Waals surface area contributed by atoms with Gasteiger partial charge >= 0.3 is 17.9 Å². The molecule has 1 N–H and O–H groups in total. The zero-order valence-corrected chi connectivity index (χ0v) is 23.4. The smallest absolute Gasteiger partial charge is 0.339 e. The Hall–Kier alpha value is -3.68. The number of nitrogens with one attached hydrogen (secondary N) is 1. The van der Waals surface area contributed by atoms with E-state index in [4.69, 9.17) is 14.2 Å². The maximum absolute atomic E-state index is 13.1. The maximum Gasteiger partial charge on any atom is 0.339 e. The van der Waals surface area contributed by atoms with Gasteiger partial charge in [-0.25, -0.2) is 14.4 Å². The highest BCUT2D eigenvalue weighted by Crippen LogP contribution is 2.36. The molecule has 1 aliphatic carbocycles. The molecule has 0 spiro atoms. The third-order valence-electron chi connectivity index (χ3n) is 6.87. The summed E-state index contributed by atoms with van der Waals surface area (Å²) < 4.78 is 16.3. The van der Waals surface area contributed by atoms with Crippen molar-refractivity contribution in [2.75, 3.05) is 18.5 Å². The fraction of sp³-hybridized carbons (Fsp3) is 0.484. The van der Waals surface area contributed by atoms with Gasteiger partial charge in [-0.1, -0.05) is 53.2 Å². The van der Waals surface area contributed by atoms with Crippen LogP contribution < -0.4 is 5.32 Å². The number of ether oxygens (including phenoxy) is 3. The minimum atomic E-state index is -0.793. The van der Waals surface area contributed by atoms with Crippen molar-refractivity contribution < 1.29 is 33.4 Å². The highest BCUT2D eigenvalue weighted by atomic mass is 16.5. The van der Waals surface area contributed by atoms with Gasteiger partial charge in [0.15, 0.2) is 6.61 Å². The lowest BCUT2D eigenvalue weighted by atomic mass is 9.75. The SMILES string of the molecule is CC(C)COC(=O)c1ccc(NC(=O)COC(=O)c2ccccc2C(=O)O[C@@H]2C[C@H](C)CC[C@@H]2C(C)C)cc1. The molecule has 1 aliphatic rings. The van der Waals surface area contributed by atoms with E-state index in [0.717, 1.165) is 19.3 Å². The fourth-order valence-electron chi connectivity index (χ4n) is 4.71. The summed E-state index contributed by atoms with van der Waals surface area (Å²) in [5, 5.41) is 2.62. The van der Waals surface area contributed by atoms with Gasteiger partial charge < -0.3 is 19.5 Å². The van der Waals surface area contributed by atoms with E-state index in [1.807, 2.05) is 13.8 Å². The van der Waals surface area contributed by atoms with Crippen molar-refractivity contribution in [1.82, 2.24) is 0 Å². The second kappa shape index (κ2) is 13.9. The summed E-state index contributed by atoms with van der Waals surface area (Å²) in [6.45, 7) is 10.1. The number of hydrogen-bond acceptors (Lipinski definition) is 7. The van der Waals surface area contributed by atoms with Crippen LogP contribution in [0.4, 0.5) is 5.69 Å². The molecule has 1 amide bonds. The van der Waals surface area contributed by atoms with Crippen molar-refractivity contribution in [3.63, 3.8) is 0 Å². The van der Waals surface area contributed by atoms with Gasteiger partial charge in [-0.2, -0.15) is 0 Å². The molecular weight excluding hydrogens is 498 g/mol. The van der Waals surface area contributed by atoms with Crippen LogP contribution in [-0.4, -0.2) is 43.1 Å². The number of carbonyl (C=O) groups is 4. The second-order valence-electron chi connectivity index (χ2n) is 11.0. The predicted molar refractivity (Wildman–Crippen MR) is 147 cm³/mol. The first kappa shape index (κ1) is 29.9. The number of anilines is 1. The molecule has 210 valence electrons. The number of carbonyl (C=O) groups excluding carboxylic acids is 4. The molecule has 2 aromatic carbocycles. The van der Waals surface area contributed by atoms with Crippen LogP contribution in [0.25, 0.3) is 0 Å². The molecule has 0 aromatic heterocycles. The quantitative estimate of drug-likeness (QED) is 0.296. The molecule has 0 unspecified atom stereocenters. The molecule has 8 nitrogen and oxygen atoms in total. The molecule has 3 rings (SSSR count). The van der Waals surface area contributed by atoms with Crippen LogP contribution in [-0.2, 0) is 19.0 Å². The van der Waals surface area contributed by atoms with Crippen LogP contribution >= 0.6 is 0 Å². The third kappa shape index (κ3) is 8.67. The van der Waals surface area contributed by atoms with Crippen LogP contribution in [0, 0.1) is 23.7 Å². The van der Waals surface area contributed by atoms with Gasteiger partial charge in [-0.15, -0.1) is 0 Å². The Balaban J connectivity index is 1.57. The summed E-state index contributed by atoms with van der Waals surface area (Å²) in [4.78, 5) is 50.3. The summed E-state index contributed by atoms with van der Waals surface area (Å²) in [6, 6.07) is 12.5. The zero-order chi connectivity index (χ0) is 28.5. The lowest BCUT2D eigenvalue weighted by Crippen LogP contribution is -2.36. The number of hydrogen-bond donors (Lipinski definition) is 1. The number of amides is 1. The monoisotopic (exact) mass is 537 g/mol. The molecule has 0 saturated heterocycles. The van der Waals surface area contributed by atoms with Gasteiger partial charge in [-0.05, 0) is 72.9 Å². The fourth-order valence-corrected chi connectivity index (χ4v) is 4.71. The van der Waals surface area contributed by atoms with Crippen LogP contribution in [0.15, 0.2) is 48.5 Å². The van der Waals surface area contributed by atoms with Crippen LogP contribution in [0.1, 0.15) is 85.0 Å². The molecule has 0 radical (unpaired) electrons. The van der Waals surface area contributed by atoms with E-state index in [0.29, 0.717) is 29.7 Å². The number of rotatable bonds is 10. The zero-order valence-electron chi connectivity index (χ0n) is 23.4. The maximum atomic E-state index is 13.1. The van der Waals surface area contributed by atoms with Crippen molar-refractivity contribution in [3.8, 4) is 0 Å². The van der Waals surface area contributed by atoms with Crippen molar-refractivity contribution in [2.45, 2.75) is 60.0 Å². The standard InChI is InChI=1S/C31H39NO7/c1-19(2)17-37-29(34)22-11-13-23(14-12-22)32-28(33)18-38-30(35)25-8-6-7-9-26(25)31(36)39-27-16-21(5)10-15-24(27)20(3)4/h6-9,11-14,19-21,24,27H,10,15-18H2,1-5H3,(H,32,33)/t21-,24-,27-/m1/s1. The first-order valence-electron chi connectivity index (χ1n) is 13.6. The van der Waals surface area contributed by atoms with Crippen molar-refractivity contribution in [3.05, 3.63) is 65.2 Å². The molecule has 0 bridgehead atoms. The number of esters is 3. The molecule has 0 aliphatic heterocycles. The van der Waals surface area contributed by atoms with Crippen LogP contribution in [0.2, 0.25) is 0 Å². The molecule has 8 heteroatoms. The van der Waals surface area contributed by atoms with Gasteiger partial charge in [0.05, 0.1) is 23.3 Å². The molecular formula is C31H39NO7. The predicted octanol–water partition coefficient (Wildman–Crippen LogP) is 5.91. The van der Waals surface area contributed by atoms with Gasteiger partial charge in [0.1, 0.15) is 6.10 Å². The Bertz CT molecular complexity index is 1160. The van der Waals surface area contributed by atoms with E-state index in [1.165, 1.54) is 12.1 Å². The van der Waals surface area contributed by atoms with E-state index in [2.05, 4.69) is 26.1 Å². The highest BCUT2D eigenvalue weighted by Gasteiger charge is 2.34. The second-order valence-corrected chi connectivity index (χ2v) is 11.0. The molecule has 39 heavy (non-hydrogen) atoms. The lowest BCUT2D eigenvalue weighted by Gasteiger charge is -2.36. The Morgan fingerprint density at radius 1 is 0.846 bits per heavy atom. The summed E-state index contributed by atoms with van der Waals surface area (Å²) in [6.07, 6.45) is 2.69. The topological polar surface area (TPSA) is 108 Å². The van der Waals surface area contributed by atoms with Crippen LogP contribution in [0.5, 0.6) is 0 Å². The summed E-state index contributed by atoms with van der Waals surface area (Å²) in [5.74, 6) is -1.02. The largest absolute Gasteiger partial charge is 0.462 e. The molecule has 1 saturated carbocycles. The number of benzene rings is 2. The summed E-state index contributed by atoms with van der Waals surface area (Å²) in [7, 11) is 0.